The molecule has 102 valence electrons. The Morgan fingerprint density at radius 3 is 2.72 bits per heavy atom. The van der Waals surface area contributed by atoms with E-state index < -0.39 is 0 Å². The Morgan fingerprint density at radius 2 is 2.17 bits per heavy atom. The average molecular weight is 255 g/mol. The summed E-state index contributed by atoms with van der Waals surface area (Å²) in [5, 5.41) is 12.4. The topological polar surface area (TPSA) is 41.5 Å². The Bertz CT molecular complexity index is 391. The Hall–Kier alpha value is -1.13. The Labute approximate surface area is 108 Å². The number of aliphatic hydroxyl groups is 1. The fourth-order valence-corrected chi connectivity index (χ4v) is 1.84. The van der Waals surface area contributed by atoms with Crippen LogP contribution < -0.4 is 10.1 Å². The van der Waals surface area contributed by atoms with Crippen molar-refractivity contribution in [3.05, 3.63) is 29.6 Å². The maximum Gasteiger partial charge on any atom is 0.126 e. The molecule has 1 aromatic carbocycles. The molecule has 2 N–H and O–H groups in total. The van der Waals surface area contributed by atoms with Crippen LogP contribution in [0, 0.1) is 12.7 Å². The molecule has 0 saturated carbocycles. The number of aryl methyl sites for hydroxylation is 1. The van der Waals surface area contributed by atoms with E-state index in [0.29, 0.717) is 12.2 Å². The summed E-state index contributed by atoms with van der Waals surface area (Å²) in [6.45, 7) is 5.74. The molecule has 0 aliphatic carbocycles. The zero-order valence-electron chi connectivity index (χ0n) is 11.5. The van der Waals surface area contributed by atoms with E-state index in [-0.39, 0.29) is 24.1 Å². The standard InChI is InChI=1S/C14H22FNO2/c1-10-5-6-12(15)7-13(10)18-11(2)8-14(3,9-17)16-4/h5-7,11,16-17H,8-9H2,1-4H3. The summed E-state index contributed by atoms with van der Waals surface area (Å²) in [7, 11) is 1.80. The van der Waals surface area contributed by atoms with Gasteiger partial charge in [0.2, 0.25) is 0 Å². The quantitative estimate of drug-likeness (QED) is 0.819. The first-order valence-electron chi connectivity index (χ1n) is 6.13. The predicted octanol–water partition coefficient (Wildman–Crippen LogP) is 2.26. The summed E-state index contributed by atoms with van der Waals surface area (Å²) in [5.41, 5.74) is 0.513. The largest absolute Gasteiger partial charge is 0.490 e. The molecule has 0 aliphatic heterocycles. The molecule has 0 radical (unpaired) electrons. The van der Waals surface area contributed by atoms with Crippen molar-refractivity contribution in [3.63, 3.8) is 0 Å². The number of aliphatic hydroxyl groups excluding tert-OH is 1. The molecule has 0 fully saturated rings. The molecule has 0 bridgehead atoms. The van der Waals surface area contributed by atoms with E-state index in [9.17, 15) is 9.50 Å². The van der Waals surface area contributed by atoms with Crippen LogP contribution in [0.15, 0.2) is 18.2 Å². The van der Waals surface area contributed by atoms with Gasteiger partial charge in [0.25, 0.3) is 0 Å². The van der Waals surface area contributed by atoms with Crippen LogP contribution in [0.25, 0.3) is 0 Å². The number of ether oxygens (including phenoxy) is 1. The lowest BCUT2D eigenvalue weighted by Crippen LogP contribution is -2.46. The van der Waals surface area contributed by atoms with Crippen LogP contribution in [0.1, 0.15) is 25.8 Å². The van der Waals surface area contributed by atoms with Crippen molar-refractivity contribution in [1.29, 1.82) is 0 Å². The van der Waals surface area contributed by atoms with Crippen molar-refractivity contribution in [2.75, 3.05) is 13.7 Å². The average Bonchev–Trinajstić information content (AvgIpc) is 2.33. The zero-order chi connectivity index (χ0) is 13.8. The second kappa shape index (κ2) is 6.16. The minimum Gasteiger partial charge on any atom is -0.490 e. The summed E-state index contributed by atoms with van der Waals surface area (Å²) >= 11 is 0. The highest BCUT2D eigenvalue weighted by Gasteiger charge is 2.24. The van der Waals surface area contributed by atoms with Gasteiger partial charge in [-0.15, -0.1) is 0 Å². The molecule has 4 heteroatoms. The van der Waals surface area contributed by atoms with Gasteiger partial charge in [-0.25, -0.2) is 4.39 Å². The van der Waals surface area contributed by atoms with Gasteiger partial charge >= 0.3 is 0 Å². The predicted molar refractivity (Wildman–Crippen MR) is 70.4 cm³/mol. The third-order valence-electron chi connectivity index (χ3n) is 3.17. The number of halogens is 1. The summed E-state index contributed by atoms with van der Waals surface area (Å²) in [6, 6.07) is 4.50. The molecule has 1 rings (SSSR count). The molecular weight excluding hydrogens is 233 g/mol. The molecule has 2 unspecified atom stereocenters. The normalized spacial score (nSPS) is 16.1. The lowest BCUT2D eigenvalue weighted by atomic mass is 9.96. The van der Waals surface area contributed by atoms with Gasteiger partial charge in [-0.05, 0) is 39.4 Å². The second-order valence-electron chi connectivity index (χ2n) is 5.01. The highest BCUT2D eigenvalue weighted by atomic mass is 19.1. The number of nitrogens with one attached hydrogen (secondary N) is 1. The van der Waals surface area contributed by atoms with Gasteiger partial charge in [-0.3, -0.25) is 0 Å². The number of likely N-dealkylation sites (N-methyl/N-ethyl adjacent to an activating group) is 1. The summed E-state index contributed by atoms with van der Waals surface area (Å²) in [4.78, 5) is 0. The van der Waals surface area contributed by atoms with Crippen molar-refractivity contribution < 1.29 is 14.2 Å². The zero-order valence-corrected chi connectivity index (χ0v) is 11.5. The molecular formula is C14H22FNO2. The lowest BCUT2D eigenvalue weighted by Gasteiger charge is -2.30. The van der Waals surface area contributed by atoms with Gasteiger partial charge in [0.05, 0.1) is 12.7 Å². The molecule has 0 heterocycles. The molecule has 0 spiro atoms. The lowest BCUT2D eigenvalue weighted by molar-refractivity contribution is 0.114. The first-order chi connectivity index (χ1) is 8.40. The first-order valence-corrected chi connectivity index (χ1v) is 6.13. The van der Waals surface area contributed by atoms with Crippen molar-refractivity contribution in [1.82, 2.24) is 5.32 Å². The van der Waals surface area contributed by atoms with Crippen LogP contribution in [0.5, 0.6) is 5.75 Å². The van der Waals surface area contributed by atoms with Gasteiger partial charge < -0.3 is 15.2 Å². The van der Waals surface area contributed by atoms with Crippen molar-refractivity contribution >= 4 is 0 Å². The van der Waals surface area contributed by atoms with Crippen LogP contribution in [0.4, 0.5) is 4.39 Å². The van der Waals surface area contributed by atoms with Gasteiger partial charge in [-0.2, -0.15) is 0 Å². The monoisotopic (exact) mass is 255 g/mol. The molecule has 0 aromatic heterocycles. The first kappa shape index (κ1) is 14.9. The summed E-state index contributed by atoms with van der Waals surface area (Å²) in [6.07, 6.45) is 0.519. The van der Waals surface area contributed by atoms with Crippen LogP contribution in [-0.2, 0) is 0 Å². The van der Waals surface area contributed by atoms with E-state index in [0.717, 1.165) is 5.56 Å². The summed E-state index contributed by atoms with van der Waals surface area (Å²) in [5.74, 6) is 0.250. The highest BCUT2D eigenvalue weighted by Crippen LogP contribution is 2.22. The summed E-state index contributed by atoms with van der Waals surface area (Å²) < 4.78 is 18.9. The number of benzene rings is 1. The smallest absolute Gasteiger partial charge is 0.126 e. The van der Waals surface area contributed by atoms with E-state index in [1.54, 1.807) is 13.1 Å². The fourth-order valence-electron chi connectivity index (χ4n) is 1.84. The van der Waals surface area contributed by atoms with Gasteiger partial charge in [0.1, 0.15) is 11.6 Å². The van der Waals surface area contributed by atoms with E-state index >= 15 is 0 Å². The van der Waals surface area contributed by atoms with Crippen molar-refractivity contribution in [2.24, 2.45) is 0 Å². The highest BCUT2D eigenvalue weighted by molar-refractivity contribution is 5.32. The number of hydrogen-bond acceptors (Lipinski definition) is 3. The van der Waals surface area contributed by atoms with Gasteiger partial charge in [0, 0.05) is 18.0 Å². The second-order valence-corrected chi connectivity index (χ2v) is 5.01. The minimum absolute atomic E-state index is 0.0271. The van der Waals surface area contributed by atoms with Crippen molar-refractivity contribution in [2.45, 2.75) is 38.8 Å². The van der Waals surface area contributed by atoms with E-state index in [1.807, 2.05) is 20.8 Å². The van der Waals surface area contributed by atoms with E-state index in [2.05, 4.69) is 5.32 Å². The molecule has 1 aromatic rings. The van der Waals surface area contributed by atoms with Gasteiger partial charge in [-0.1, -0.05) is 6.07 Å². The van der Waals surface area contributed by atoms with Crippen LogP contribution in [0.3, 0.4) is 0 Å². The van der Waals surface area contributed by atoms with Crippen LogP contribution in [0.2, 0.25) is 0 Å². The Balaban J connectivity index is 2.70. The molecule has 2 atom stereocenters. The SMILES string of the molecule is CNC(C)(CO)CC(C)Oc1cc(F)ccc1C. The van der Waals surface area contributed by atoms with Gasteiger partial charge in [0.15, 0.2) is 0 Å². The third-order valence-corrected chi connectivity index (χ3v) is 3.17. The molecule has 0 saturated heterocycles. The third kappa shape index (κ3) is 3.96. The molecule has 0 amide bonds. The maximum atomic E-state index is 13.1. The van der Waals surface area contributed by atoms with E-state index in [4.69, 9.17) is 4.74 Å². The van der Waals surface area contributed by atoms with Crippen molar-refractivity contribution in [3.8, 4) is 5.75 Å². The molecule has 18 heavy (non-hydrogen) atoms. The molecule has 0 aliphatic rings. The number of hydrogen-bond donors (Lipinski definition) is 2. The number of rotatable bonds is 6. The fraction of sp³-hybridized carbons (Fsp3) is 0.571. The van der Waals surface area contributed by atoms with Crippen LogP contribution in [-0.4, -0.2) is 30.4 Å². The maximum absolute atomic E-state index is 13.1. The minimum atomic E-state index is -0.388. The Morgan fingerprint density at radius 1 is 1.50 bits per heavy atom. The van der Waals surface area contributed by atoms with Crippen LogP contribution >= 0.6 is 0 Å². The molecule has 3 nitrogen and oxygen atoms in total. The van der Waals surface area contributed by atoms with E-state index in [1.165, 1.54) is 12.1 Å². The Kier molecular flexibility index (Phi) is 5.11.